The summed E-state index contributed by atoms with van der Waals surface area (Å²) in [6, 6.07) is 3.87. The number of rotatable bonds is 2. The van der Waals surface area contributed by atoms with Gasteiger partial charge in [-0.25, -0.2) is 8.42 Å². The fourth-order valence-corrected chi connectivity index (χ4v) is 3.15. The van der Waals surface area contributed by atoms with Crippen molar-refractivity contribution in [2.24, 2.45) is 4.99 Å². The van der Waals surface area contributed by atoms with E-state index in [2.05, 4.69) is 10.3 Å². The summed E-state index contributed by atoms with van der Waals surface area (Å²) in [6.07, 6.45) is 1.82. The minimum Gasteiger partial charge on any atom is -0.485 e. The maximum Gasteiger partial charge on any atom is 0.207 e. The Bertz CT molecular complexity index is 793. The molecule has 0 radical (unpaired) electrons. The van der Waals surface area contributed by atoms with Gasteiger partial charge in [0.25, 0.3) is 0 Å². The van der Waals surface area contributed by atoms with Crippen molar-refractivity contribution < 1.29 is 18.3 Å². The minimum absolute atomic E-state index is 0.133. The molecule has 1 aromatic carbocycles. The van der Waals surface area contributed by atoms with Gasteiger partial charge in [0.1, 0.15) is 23.3 Å². The zero-order chi connectivity index (χ0) is 17.4. The quantitative estimate of drug-likeness (QED) is 0.476. The molecule has 1 aliphatic rings. The number of benzene rings is 1. The van der Waals surface area contributed by atoms with Crippen LogP contribution in [0, 0.1) is 11.5 Å². The van der Waals surface area contributed by atoms with E-state index in [1.165, 1.54) is 12.1 Å². The number of ether oxygens (including phenoxy) is 1. The van der Waals surface area contributed by atoms with Crippen LogP contribution in [-0.4, -0.2) is 37.3 Å². The first-order valence-electron chi connectivity index (χ1n) is 6.97. The van der Waals surface area contributed by atoms with Crippen molar-refractivity contribution in [1.29, 1.82) is 5.26 Å². The van der Waals surface area contributed by atoms with E-state index in [-0.39, 0.29) is 4.90 Å². The molecule has 1 aliphatic heterocycles. The summed E-state index contributed by atoms with van der Waals surface area (Å²) < 4.78 is 29.3. The zero-order valence-electron chi connectivity index (χ0n) is 13.4. The van der Waals surface area contributed by atoms with Crippen LogP contribution >= 0.6 is 0 Å². The Kier molecular flexibility index (Phi) is 4.37. The summed E-state index contributed by atoms with van der Waals surface area (Å²) in [5.41, 5.74) is -0.378. The Morgan fingerprint density at radius 1 is 1.48 bits per heavy atom. The number of hydrogen-bond acceptors (Lipinski definition) is 6. The molecule has 2 atom stereocenters. The van der Waals surface area contributed by atoms with E-state index in [4.69, 9.17) is 10.00 Å². The van der Waals surface area contributed by atoms with E-state index in [1.807, 2.05) is 0 Å². The Balaban J connectivity index is 2.57. The van der Waals surface area contributed by atoms with Gasteiger partial charge >= 0.3 is 0 Å². The molecule has 7 nitrogen and oxygen atoms in total. The molecule has 1 aromatic rings. The van der Waals surface area contributed by atoms with Gasteiger partial charge in [-0.1, -0.05) is 0 Å². The van der Waals surface area contributed by atoms with Crippen LogP contribution in [0.15, 0.2) is 28.1 Å². The summed E-state index contributed by atoms with van der Waals surface area (Å²) in [5.74, 6) is 0.805. The van der Waals surface area contributed by atoms with Gasteiger partial charge in [0, 0.05) is 11.8 Å². The van der Waals surface area contributed by atoms with Gasteiger partial charge in [-0.3, -0.25) is 0 Å². The lowest BCUT2D eigenvalue weighted by molar-refractivity contribution is -0.0611. The predicted octanol–water partition coefficient (Wildman–Crippen LogP) is 1.15. The van der Waals surface area contributed by atoms with Crippen molar-refractivity contribution in [3.63, 3.8) is 0 Å². The third-order valence-corrected chi connectivity index (χ3v) is 4.84. The van der Waals surface area contributed by atoms with Crippen LogP contribution in [0.5, 0.6) is 5.75 Å². The second kappa shape index (κ2) is 5.83. The Labute approximate surface area is 135 Å². The van der Waals surface area contributed by atoms with Crippen LogP contribution in [0.1, 0.15) is 32.4 Å². The van der Waals surface area contributed by atoms with E-state index in [0.29, 0.717) is 17.1 Å². The van der Waals surface area contributed by atoms with E-state index in [1.54, 1.807) is 33.0 Å². The lowest BCUT2D eigenvalue weighted by Gasteiger charge is -2.42. The van der Waals surface area contributed by atoms with Crippen LogP contribution in [0.2, 0.25) is 0 Å². The number of hydrogen-bond donors (Lipinski definition) is 2. The number of aliphatic hydroxyl groups is 1. The van der Waals surface area contributed by atoms with Crippen LogP contribution in [0.25, 0.3) is 0 Å². The highest BCUT2D eigenvalue weighted by atomic mass is 32.2. The third kappa shape index (κ3) is 3.46. The average Bonchev–Trinajstić information content (AvgIpc) is 2.42. The second-order valence-corrected chi connectivity index (χ2v) is 8.06. The highest BCUT2D eigenvalue weighted by Gasteiger charge is 2.43. The normalized spacial score (nSPS) is 23.4. The average molecular weight is 337 g/mol. The molecule has 0 saturated carbocycles. The summed E-state index contributed by atoms with van der Waals surface area (Å²) in [5, 5.41) is 22.2. The van der Waals surface area contributed by atoms with Gasteiger partial charge < -0.3 is 15.2 Å². The summed E-state index contributed by atoms with van der Waals surface area (Å²) >= 11 is 0. The van der Waals surface area contributed by atoms with Gasteiger partial charge in [0.2, 0.25) is 6.19 Å². The number of aliphatic imine (C=N–C) groups is 1. The number of amidine groups is 1. The third-order valence-electron chi connectivity index (χ3n) is 3.73. The van der Waals surface area contributed by atoms with Gasteiger partial charge in [0.05, 0.1) is 10.9 Å². The molecule has 0 aliphatic carbocycles. The molecule has 0 unspecified atom stereocenters. The molecule has 0 saturated heterocycles. The monoisotopic (exact) mass is 337 g/mol. The summed E-state index contributed by atoms with van der Waals surface area (Å²) in [6.45, 7) is 5.06. The number of nitriles is 1. The van der Waals surface area contributed by atoms with Crippen molar-refractivity contribution in [3.8, 4) is 11.9 Å². The molecule has 2 N–H and O–H groups in total. The Hall–Kier alpha value is -2.11. The standard InChI is InChI=1S/C15H19N3O4S/c1-9(17-8-16)18-13-11-7-10(23(4,20)21)5-6-12(11)22-15(2,3)14(13)19/h5-7,13-14,19H,1-4H3,(H,17,18)/t13-,14+/m1/s1. The van der Waals surface area contributed by atoms with Crippen LogP contribution in [0.3, 0.4) is 0 Å². The van der Waals surface area contributed by atoms with E-state index >= 15 is 0 Å². The van der Waals surface area contributed by atoms with Crippen molar-refractivity contribution in [3.05, 3.63) is 23.8 Å². The molecule has 0 bridgehead atoms. The molecule has 8 heteroatoms. The maximum atomic E-state index is 11.8. The van der Waals surface area contributed by atoms with Crippen molar-refractivity contribution in [2.45, 2.75) is 43.4 Å². The van der Waals surface area contributed by atoms with Gasteiger partial charge in [-0.2, -0.15) is 10.3 Å². The fourth-order valence-electron chi connectivity index (χ4n) is 2.50. The van der Waals surface area contributed by atoms with Gasteiger partial charge in [0.15, 0.2) is 9.84 Å². The Morgan fingerprint density at radius 3 is 2.70 bits per heavy atom. The van der Waals surface area contributed by atoms with E-state index < -0.39 is 27.6 Å². The molecule has 2 rings (SSSR count). The summed E-state index contributed by atoms with van der Waals surface area (Å²) in [4.78, 5) is 3.72. The summed E-state index contributed by atoms with van der Waals surface area (Å²) in [7, 11) is -3.39. The molecular weight excluding hydrogens is 318 g/mol. The van der Waals surface area contributed by atoms with Gasteiger partial charge in [-0.15, -0.1) is 0 Å². The SMILES string of the molecule is CC(=NC#N)N[C@@H]1c2cc(S(C)(=O)=O)ccc2OC(C)(C)[C@H]1O. The first kappa shape index (κ1) is 17.2. The zero-order valence-corrected chi connectivity index (χ0v) is 14.2. The molecule has 0 amide bonds. The fraction of sp³-hybridized carbons (Fsp3) is 0.467. The maximum absolute atomic E-state index is 11.8. The highest BCUT2D eigenvalue weighted by Crippen LogP contribution is 2.40. The highest BCUT2D eigenvalue weighted by molar-refractivity contribution is 7.90. The van der Waals surface area contributed by atoms with E-state index in [0.717, 1.165) is 6.26 Å². The minimum atomic E-state index is -3.39. The Morgan fingerprint density at radius 2 is 2.13 bits per heavy atom. The second-order valence-electron chi connectivity index (χ2n) is 6.04. The molecule has 0 fully saturated rings. The van der Waals surface area contributed by atoms with Crippen molar-refractivity contribution in [1.82, 2.24) is 5.32 Å². The predicted molar refractivity (Wildman–Crippen MR) is 84.9 cm³/mol. The molecule has 1 heterocycles. The van der Waals surface area contributed by atoms with Crippen LogP contribution < -0.4 is 10.1 Å². The molecule has 23 heavy (non-hydrogen) atoms. The van der Waals surface area contributed by atoms with Gasteiger partial charge in [-0.05, 0) is 39.0 Å². The molecule has 0 spiro atoms. The first-order valence-corrected chi connectivity index (χ1v) is 8.86. The number of fused-ring (bicyclic) bond motifs is 1. The largest absolute Gasteiger partial charge is 0.485 e. The molecule has 124 valence electrons. The molecular formula is C15H19N3O4S. The van der Waals surface area contributed by atoms with Crippen LogP contribution in [-0.2, 0) is 9.84 Å². The lowest BCUT2D eigenvalue weighted by atomic mass is 9.86. The topological polar surface area (TPSA) is 112 Å². The lowest BCUT2D eigenvalue weighted by Crippen LogP contribution is -2.53. The van der Waals surface area contributed by atoms with Crippen molar-refractivity contribution in [2.75, 3.05) is 6.26 Å². The smallest absolute Gasteiger partial charge is 0.207 e. The number of nitrogens with zero attached hydrogens (tertiary/aromatic N) is 2. The molecule has 0 aromatic heterocycles. The first-order chi connectivity index (χ1) is 10.6. The van der Waals surface area contributed by atoms with Crippen molar-refractivity contribution >= 4 is 15.7 Å². The number of nitrogens with one attached hydrogen (secondary N) is 1. The van der Waals surface area contributed by atoms with Crippen LogP contribution in [0.4, 0.5) is 0 Å². The number of aliphatic hydroxyl groups excluding tert-OH is 1. The van der Waals surface area contributed by atoms with E-state index in [9.17, 15) is 13.5 Å². The number of sulfone groups is 1.